The molecule has 2 amide bonds. The van der Waals surface area contributed by atoms with E-state index in [1.807, 2.05) is 6.07 Å². The molecule has 1 spiro atoms. The number of aliphatic hydroxyl groups is 1. The highest BCUT2D eigenvalue weighted by Gasteiger charge is 2.75. The lowest BCUT2D eigenvalue weighted by molar-refractivity contribution is -0.154. The highest BCUT2D eigenvalue weighted by molar-refractivity contribution is 6.34. The molecule has 5 rings (SSSR count). The van der Waals surface area contributed by atoms with E-state index in [0.717, 1.165) is 0 Å². The fraction of sp³-hybridized carbons (Fsp3) is 0.367. The first kappa shape index (κ1) is 27.1. The normalized spacial score (nSPS) is 27.6. The average molecular weight is 551 g/mol. The van der Waals surface area contributed by atoms with Crippen molar-refractivity contribution in [1.82, 2.24) is 4.90 Å². The number of ether oxygens (including phenoxy) is 2. The lowest BCUT2D eigenvalue weighted by Gasteiger charge is -2.39. The van der Waals surface area contributed by atoms with Gasteiger partial charge in [0, 0.05) is 6.54 Å². The Kier molecular flexibility index (Phi) is 7.62. The van der Waals surface area contributed by atoms with Crippen LogP contribution in [0.15, 0.2) is 79.9 Å². The number of hydrogen-bond donors (Lipinski definition) is 1. The van der Waals surface area contributed by atoms with E-state index in [9.17, 15) is 19.5 Å². The third kappa shape index (κ3) is 4.36. The Labute approximate surface area is 232 Å². The molecule has 0 saturated carbocycles. The van der Waals surface area contributed by atoms with Crippen molar-refractivity contribution < 1.29 is 29.0 Å². The monoisotopic (exact) mass is 550 g/mol. The lowest BCUT2D eigenvalue weighted by atomic mass is 9.70. The first-order chi connectivity index (χ1) is 18.9. The van der Waals surface area contributed by atoms with Gasteiger partial charge < -0.3 is 24.4 Å². The third-order valence-corrected chi connectivity index (χ3v) is 8.32. The van der Waals surface area contributed by atoms with Gasteiger partial charge in [-0.25, -0.2) is 0 Å². The number of para-hydroxylation sites is 1. The van der Waals surface area contributed by atoms with Crippen LogP contribution in [-0.4, -0.2) is 65.3 Å². The van der Waals surface area contributed by atoms with E-state index in [1.54, 1.807) is 54.6 Å². The molecule has 2 aromatic rings. The van der Waals surface area contributed by atoms with Crippen LogP contribution in [-0.2, 0) is 23.9 Å². The molecule has 3 heterocycles. The van der Waals surface area contributed by atoms with Gasteiger partial charge in [-0.2, -0.15) is 0 Å². The molecule has 3 aliphatic rings. The number of rotatable bonds is 10. The smallest absolute Gasteiger partial charge is 0.312 e. The number of fused-ring (bicyclic) bond motifs is 1. The molecular formula is C30H31ClN2O6. The Hall–Kier alpha value is -3.46. The van der Waals surface area contributed by atoms with Crippen molar-refractivity contribution >= 4 is 35.1 Å². The molecule has 2 unspecified atom stereocenters. The van der Waals surface area contributed by atoms with Gasteiger partial charge in [-0.05, 0) is 30.5 Å². The minimum Gasteiger partial charge on any atom is -0.461 e. The van der Waals surface area contributed by atoms with E-state index in [4.69, 9.17) is 21.1 Å². The van der Waals surface area contributed by atoms with Gasteiger partial charge >= 0.3 is 5.97 Å². The maximum Gasteiger partial charge on any atom is 0.312 e. The van der Waals surface area contributed by atoms with E-state index in [0.29, 0.717) is 29.1 Å². The molecule has 6 atom stereocenters. The number of esters is 1. The van der Waals surface area contributed by atoms with Gasteiger partial charge in [0.25, 0.3) is 5.91 Å². The van der Waals surface area contributed by atoms with Crippen molar-refractivity contribution in [3.05, 3.63) is 90.5 Å². The fourth-order valence-electron chi connectivity index (χ4n) is 6.50. The Balaban J connectivity index is 1.64. The standard InChI is InChI=1S/C30H31ClN2O6/c1-3-16-32(21-13-9-8-12-20(21)31)28(36)26-30-15-14-23(39-30)24(29(37)38-17-4-2)25(30)27(35)33(26)22(18-34)19-10-6-5-7-11-19/h3-13,22-26,34H,1-2,14-18H2/t22-,23-,24+,25+,26?,30?/m1/s1. The molecule has 2 bridgehead atoms. The van der Waals surface area contributed by atoms with Gasteiger partial charge in [0.1, 0.15) is 18.2 Å². The van der Waals surface area contributed by atoms with Crippen LogP contribution in [0.5, 0.6) is 0 Å². The number of aliphatic hydroxyl groups excluding tert-OH is 1. The summed E-state index contributed by atoms with van der Waals surface area (Å²) in [6.07, 6.45) is 3.40. The van der Waals surface area contributed by atoms with Crippen molar-refractivity contribution in [1.29, 1.82) is 0 Å². The summed E-state index contributed by atoms with van der Waals surface area (Å²) in [5.74, 6) is -3.19. The summed E-state index contributed by atoms with van der Waals surface area (Å²) in [6, 6.07) is 14.0. The largest absolute Gasteiger partial charge is 0.461 e. The van der Waals surface area contributed by atoms with Gasteiger partial charge in [-0.1, -0.05) is 72.8 Å². The lowest BCUT2D eigenvalue weighted by Crippen LogP contribution is -2.57. The SMILES string of the molecule is C=CCOC(=O)[C@@H]1[C@H]2C(=O)N([C@H](CO)c3ccccc3)C(C(=O)N(CC=C)c3ccccc3Cl)C23CC[C@H]1O3. The highest BCUT2D eigenvalue weighted by atomic mass is 35.5. The van der Waals surface area contributed by atoms with Crippen LogP contribution in [0, 0.1) is 11.8 Å². The van der Waals surface area contributed by atoms with Gasteiger partial charge in [-0.15, -0.1) is 6.58 Å². The van der Waals surface area contributed by atoms with Gasteiger partial charge in [-0.3, -0.25) is 14.4 Å². The van der Waals surface area contributed by atoms with Crippen molar-refractivity contribution in [3.8, 4) is 0 Å². The Bertz CT molecular complexity index is 1290. The number of carbonyl (C=O) groups is 3. The summed E-state index contributed by atoms with van der Waals surface area (Å²) in [4.78, 5) is 45.0. The molecular weight excluding hydrogens is 520 g/mol. The maximum absolute atomic E-state index is 14.6. The first-order valence-corrected chi connectivity index (χ1v) is 13.4. The van der Waals surface area contributed by atoms with E-state index >= 15 is 0 Å². The molecule has 0 radical (unpaired) electrons. The third-order valence-electron chi connectivity index (χ3n) is 8.00. The number of carbonyl (C=O) groups excluding carboxylic acids is 3. The number of amides is 2. The summed E-state index contributed by atoms with van der Waals surface area (Å²) in [6.45, 7) is 7.12. The van der Waals surface area contributed by atoms with Crippen LogP contribution in [0.25, 0.3) is 0 Å². The van der Waals surface area contributed by atoms with E-state index < -0.39 is 60.0 Å². The van der Waals surface area contributed by atoms with Gasteiger partial charge in [0.05, 0.1) is 41.3 Å². The van der Waals surface area contributed by atoms with Crippen LogP contribution in [0.3, 0.4) is 0 Å². The van der Waals surface area contributed by atoms with E-state index in [2.05, 4.69) is 13.2 Å². The summed E-state index contributed by atoms with van der Waals surface area (Å²) in [5, 5.41) is 10.9. The zero-order valence-electron chi connectivity index (χ0n) is 21.4. The molecule has 3 saturated heterocycles. The number of anilines is 1. The predicted octanol–water partition coefficient (Wildman–Crippen LogP) is 3.70. The average Bonchev–Trinajstić information content (AvgIpc) is 3.59. The fourth-order valence-corrected chi connectivity index (χ4v) is 6.73. The van der Waals surface area contributed by atoms with Crippen LogP contribution in [0.4, 0.5) is 5.69 Å². The molecule has 9 heteroatoms. The molecule has 204 valence electrons. The summed E-state index contributed by atoms with van der Waals surface area (Å²) >= 11 is 6.51. The van der Waals surface area contributed by atoms with Crippen molar-refractivity contribution in [3.63, 3.8) is 0 Å². The van der Waals surface area contributed by atoms with E-state index in [1.165, 1.54) is 15.9 Å². The molecule has 0 aromatic heterocycles. The number of benzene rings is 2. The second kappa shape index (κ2) is 11.0. The quantitative estimate of drug-likeness (QED) is 0.358. The maximum atomic E-state index is 14.6. The Morgan fingerprint density at radius 1 is 1.18 bits per heavy atom. The van der Waals surface area contributed by atoms with Crippen LogP contribution < -0.4 is 4.90 Å². The summed E-state index contributed by atoms with van der Waals surface area (Å²) in [7, 11) is 0. The zero-order chi connectivity index (χ0) is 27.7. The van der Waals surface area contributed by atoms with E-state index in [-0.39, 0.29) is 13.2 Å². The molecule has 2 aromatic carbocycles. The van der Waals surface area contributed by atoms with Crippen molar-refractivity contribution in [2.75, 3.05) is 24.7 Å². The molecule has 3 aliphatic heterocycles. The minimum absolute atomic E-state index is 0.00490. The van der Waals surface area contributed by atoms with Crippen LogP contribution in [0.2, 0.25) is 5.02 Å². The number of likely N-dealkylation sites (tertiary alicyclic amines) is 1. The molecule has 8 nitrogen and oxygen atoms in total. The predicted molar refractivity (Wildman–Crippen MR) is 146 cm³/mol. The zero-order valence-corrected chi connectivity index (χ0v) is 22.2. The van der Waals surface area contributed by atoms with Crippen molar-refractivity contribution in [2.45, 2.75) is 36.6 Å². The first-order valence-electron chi connectivity index (χ1n) is 13.0. The molecule has 3 fully saturated rings. The second-order valence-electron chi connectivity index (χ2n) is 10.0. The summed E-state index contributed by atoms with van der Waals surface area (Å²) < 4.78 is 11.9. The van der Waals surface area contributed by atoms with Crippen LogP contribution in [0.1, 0.15) is 24.4 Å². The van der Waals surface area contributed by atoms with Crippen LogP contribution >= 0.6 is 11.6 Å². The molecule has 39 heavy (non-hydrogen) atoms. The highest BCUT2D eigenvalue weighted by Crippen LogP contribution is 2.60. The summed E-state index contributed by atoms with van der Waals surface area (Å²) in [5.41, 5.74) is -0.138. The molecule has 1 N–H and O–H groups in total. The Morgan fingerprint density at radius 2 is 1.90 bits per heavy atom. The van der Waals surface area contributed by atoms with Gasteiger partial charge in [0.2, 0.25) is 5.91 Å². The number of nitrogens with zero attached hydrogens (tertiary/aromatic N) is 2. The number of halogens is 1. The topological polar surface area (TPSA) is 96.4 Å². The second-order valence-corrected chi connectivity index (χ2v) is 10.4. The number of hydrogen-bond acceptors (Lipinski definition) is 6. The Morgan fingerprint density at radius 3 is 2.56 bits per heavy atom. The minimum atomic E-state index is -1.26. The van der Waals surface area contributed by atoms with Gasteiger partial charge in [0.15, 0.2) is 0 Å². The molecule has 0 aliphatic carbocycles. The van der Waals surface area contributed by atoms with Crippen molar-refractivity contribution in [2.24, 2.45) is 11.8 Å².